The molecule has 4 nitrogen and oxygen atoms in total. The normalized spacial score (nSPS) is 10.4. The van der Waals surface area contributed by atoms with Crippen LogP contribution in [0.5, 0.6) is 5.88 Å². The minimum absolute atomic E-state index is 0.382. The van der Waals surface area contributed by atoms with Crippen molar-refractivity contribution in [1.82, 2.24) is 4.98 Å². The Balaban J connectivity index is 2.06. The SMILES string of the molecule is Cc1cc(CN)cc(OCc2ccco2)n1. The minimum Gasteiger partial charge on any atom is -0.469 e. The smallest absolute Gasteiger partial charge is 0.214 e. The molecule has 0 spiro atoms. The van der Waals surface area contributed by atoms with Crippen LogP contribution in [0.25, 0.3) is 0 Å². The van der Waals surface area contributed by atoms with E-state index in [1.54, 1.807) is 6.26 Å². The van der Waals surface area contributed by atoms with Gasteiger partial charge in [-0.25, -0.2) is 4.98 Å². The van der Waals surface area contributed by atoms with Crippen LogP contribution in [0.2, 0.25) is 0 Å². The summed E-state index contributed by atoms with van der Waals surface area (Å²) in [4.78, 5) is 4.26. The van der Waals surface area contributed by atoms with E-state index in [1.807, 2.05) is 31.2 Å². The van der Waals surface area contributed by atoms with Crippen molar-refractivity contribution in [3.63, 3.8) is 0 Å². The number of aromatic nitrogens is 1. The number of nitrogens with zero attached hydrogens (tertiary/aromatic N) is 1. The third kappa shape index (κ3) is 2.61. The van der Waals surface area contributed by atoms with Crippen LogP contribution in [0.3, 0.4) is 0 Å². The molecule has 0 radical (unpaired) electrons. The van der Waals surface area contributed by atoms with Gasteiger partial charge >= 0.3 is 0 Å². The molecule has 0 bridgehead atoms. The maximum Gasteiger partial charge on any atom is 0.214 e. The van der Waals surface area contributed by atoms with E-state index in [-0.39, 0.29) is 0 Å². The summed E-state index contributed by atoms with van der Waals surface area (Å²) < 4.78 is 10.7. The molecule has 0 amide bonds. The first-order valence-corrected chi connectivity index (χ1v) is 5.11. The second-order valence-electron chi connectivity index (χ2n) is 3.53. The molecule has 2 aromatic rings. The molecule has 2 aromatic heterocycles. The van der Waals surface area contributed by atoms with Gasteiger partial charge < -0.3 is 14.9 Å². The molecule has 0 aliphatic heterocycles. The number of nitrogens with two attached hydrogens (primary N) is 1. The van der Waals surface area contributed by atoms with Crippen molar-refractivity contribution in [3.05, 3.63) is 47.5 Å². The van der Waals surface area contributed by atoms with Gasteiger partial charge in [0.05, 0.1) is 6.26 Å². The molecule has 2 heterocycles. The number of aryl methyl sites for hydroxylation is 1. The molecule has 0 aliphatic carbocycles. The van der Waals surface area contributed by atoms with E-state index in [2.05, 4.69) is 4.98 Å². The molecule has 0 saturated heterocycles. The second-order valence-corrected chi connectivity index (χ2v) is 3.53. The fourth-order valence-corrected chi connectivity index (χ4v) is 1.44. The van der Waals surface area contributed by atoms with E-state index < -0.39 is 0 Å². The fraction of sp³-hybridized carbons (Fsp3) is 0.250. The van der Waals surface area contributed by atoms with Crippen molar-refractivity contribution in [2.75, 3.05) is 0 Å². The maximum absolute atomic E-state index is 5.58. The maximum atomic E-state index is 5.58. The lowest BCUT2D eigenvalue weighted by Gasteiger charge is -2.06. The molecule has 0 atom stereocenters. The van der Waals surface area contributed by atoms with Gasteiger partial charge in [0, 0.05) is 18.3 Å². The van der Waals surface area contributed by atoms with E-state index in [0.717, 1.165) is 17.0 Å². The minimum atomic E-state index is 0.382. The van der Waals surface area contributed by atoms with Gasteiger partial charge in [0.2, 0.25) is 5.88 Å². The second kappa shape index (κ2) is 4.81. The number of hydrogen-bond acceptors (Lipinski definition) is 4. The Morgan fingerprint density at radius 3 is 3.00 bits per heavy atom. The van der Waals surface area contributed by atoms with E-state index in [9.17, 15) is 0 Å². The number of pyridine rings is 1. The third-order valence-corrected chi connectivity index (χ3v) is 2.17. The predicted octanol–water partition coefficient (Wildman–Crippen LogP) is 2.02. The molecule has 2 rings (SSSR count). The zero-order chi connectivity index (χ0) is 11.4. The molecule has 0 fully saturated rings. The van der Waals surface area contributed by atoms with Crippen molar-refractivity contribution in [2.24, 2.45) is 5.73 Å². The summed E-state index contributed by atoms with van der Waals surface area (Å²) >= 11 is 0. The summed E-state index contributed by atoms with van der Waals surface area (Å²) in [6.07, 6.45) is 1.62. The van der Waals surface area contributed by atoms with Gasteiger partial charge in [-0.15, -0.1) is 0 Å². The van der Waals surface area contributed by atoms with Gasteiger partial charge in [-0.3, -0.25) is 0 Å². The summed E-state index contributed by atoms with van der Waals surface area (Å²) in [6.45, 7) is 2.78. The molecule has 16 heavy (non-hydrogen) atoms. The third-order valence-electron chi connectivity index (χ3n) is 2.17. The Hall–Kier alpha value is -1.81. The predicted molar refractivity (Wildman–Crippen MR) is 59.9 cm³/mol. The average Bonchev–Trinajstić information content (AvgIpc) is 2.78. The number of ether oxygens (including phenoxy) is 1. The van der Waals surface area contributed by atoms with Crippen molar-refractivity contribution in [3.8, 4) is 5.88 Å². The Bertz CT molecular complexity index is 452. The highest BCUT2D eigenvalue weighted by atomic mass is 16.5. The van der Waals surface area contributed by atoms with Crippen LogP contribution in [0.15, 0.2) is 34.9 Å². The van der Waals surface area contributed by atoms with E-state index in [1.165, 1.54) is 0 Å². The zero-order valence-electron chi connectivity index (χ0n) is 9.14. The van der Waals surface area contributed by atoms with Gasteiger partial charge in [-0.1, -0.05) is 0 Å². The van der Waals surface area contributed by atoms with Crippen LogP contribution < -0.4 is 10.5 Å². The fourth-order valence-electron chi connectivity index (χ4n) is 1.44. The van der Waals surface area contributed by atoms with Gasteiger partial charge in [0.25, 0.3) is 0 Å². The van der Waals surface area contributed by atoms with Crippen molar-refractivity contribution < 1.29 is 9.15 Å². The van der Waals surface area contributed by atoms with Crippen LogP contribution >= 0.6 is 0 Å². The van der Waals surface area contributed by atoms with Crippen molar-refractivity contribution in [2.45, 2.75) is 20.1 Å². The van der Waals surface area contributed by atoms with Gasteiger partial charge in [-0.05, 0) is 30.7 Å². The standard InChI is InChI=1S/C12H14N2O2/c1-9-5-10(7-13)6-12(14-9)16-8-11-3-2-4-15-11/h2-6H,7-8,13H2,1H3. The van der Waals surface area contributed by atoms with Crippen molar-refractivity contribution >= 4 is 0 Å². The molecular weight excluding hydrogens is 204 g/mol. The van der Waals surface area contributed by atoms with Crippen LogP contribution in [0, 0.1) is 6.92 Å². The molecule has 0 saturated carbocycles. The monoisotopic (exact) mass is 218 g/mol. The average molecular weight is 218 g/mol. The summed E-state index contributed by atoms with van der Waals surface area (Å²) in [5, 5.41) is 0. The number of furan rings is 1. The van der Waals surface area contributed by atoms with Gasteiger partial charge in [-0.2, -0.15) is 0 Å². The highest BCUT2D eigenvalue weighted by Gasteiger charge is 2.02. The summed E-state index contributed by atoms with van der Waals surface area (Å²) in [7, 11) is 0. The topological polar surface area (TPSA) is 61.3 Å². The Kier molecular flexibility index (Phi) is 3.22. The Labute approximate surface area is 94.1 Å². The molecule has 0 aliphatic rings. The highest BCUT2D eigenvalue weighted by molar-refractivity contribution is 5.24. The van der Waals surface area contributed by atoms with Gasteiger partial charge in [0.1, 0.15) is 12.4 Å². The first-order valence-electron chi connectivity index (χ1n) is 5.11. The molecule has 0 unspecified atom stereocenters. The highest BCUT2D eigenvalue weighted by Crippen LogP contribution is 2.14. The van der Waals surface area contributed by atoms with Gasteiger partial charge in [0.15, 0.2) is 0 Å². The van der Waals surface area contributed by atoms with E-state index in [0.29, 0.717) is 19.0 Å². The van der Waals surface area contributed by atoms with E-state index in [4.69, 9.17) is 14.9 Å². The molecular formula is C12H14N2O2. The Morgan fingerprint density at radius 1 is 1.44 bits per heavy atom. The lowest BCUT2D eigenvalue weighted by atomic mass is 10.2. The largest absolute Gasteiger partial charge is 0.469 e. The number of rotatable bonds is 4. The quantitative estimate of drug-likeness (QED) is 0.852. The summed E-state index contributed by atoms with van der Waals surface area (Å²) in [6, 6.07) is 7.48. The Morgan fingerprint density at radius 2 is 2.31 bits per heavy atom. The van der Waals surface area contributed by atoms with Crippen LogP contribution in [0.1, 0.15) is 17.0 Å². The lowest BCUT2D eigenvalue weighted by molar-refractivity contribution is 0.260. The lowest BCUT2D eigenvalue weighted by Crippen LogP contribution is -2.01. The van der Waals surface area contributed by atoms with Crippen molar-refractivity contribution in [1.29, 1.82) is 0 Å². The zero-order valence-corrected chi connectivity index (χ0v) is 9.14. The first-order chi connectivity index (χ1) is 7.78. The molecule has 0 aromatic carbocycles. The first kappa shape index (κ1) is 10.7. The van der Waals surface area contributed by atoms with Crippen LogP contribution in [-0.2, 0) is 13.2 Å². The number of hydrogen-bond donors (Lipinski definition) is 1. The molecule has 4 heteroatoms. The summed E-state index contributed by atoms with van der Waals surface area (Å²) in [5.74, 6) is 1.36. The summed E-state index contributed by atoms with van der Waals surface area (Å²) in [5.41, 5.74) is 7.49. The van der Waals surface area contributed by atoms with E-state index >= 15 is 0 Å². The van der Waals surface area contributed by atoms with Crippen LogP contribution in [-0.4, -0.2) is 4.98 Å². The van der Waals surface area contributed by atoms with Crippen LogP contribution in [0.4, 0.5) is 0 Å². The molecule has 84 valence electrons. The molecule has 2 N–H and O–H groups in total.